The van der Waals surface area contributed by atoms with Crippen LogP contribution in [0.3, 0.4) is 0 Å². The molecule has 5 heterocycles. The van der Waals surface area contributed by atoms with Gasteiger partial charge in [-0.25, -0.2) is 4.79 Å². The van der Waals surface area contributed by atoms with E-state index in [1.807, 2.05) is 19.1 Å². The monoisotopic (exact) mass is 700 g/mol. The summed E-state index contributed by atoms with van der Waals surface area (Å²) in [5, 5.41) is 13.2. The topological polar surface area (TPSA) is 125 Å². The number of fused-ring (bicyclic) bond motifs is 1. The maximum atomic E-state index is 15.5. The van der Waals surface area contributed by atoms with Crippen LogP contribution in [0.25, 0.3) is 0 Å². The normalized spacial score (nSPS) is 47.0. The molecule has 0 amide bonds. The van der Waals surface area contributed by atoms with Crippen LogP contribution in [0.2, 0.25) is 0 Å². The lowest BCUT2D eigenvalue weighted by Gasteiger charge is -2.70. The first-order valence-electron chi connectivity index (χ1n) is 19.4. The van der Waals surface area contributed by atoms with Crippen molar-refractivity contribution in [3.05, 3.63) is 60.1 Å². The number of Topliss-reactive ketones (excluding diaryl/α,β-unsaturated/α-hetero) is 1. The second kappa shape index (κ2) is 11.5. The molecule has 3 aliphatic carbocycles. The lowest BCUT2D eigenvalue weighted by Crippen LogP contribution is -2.79. The highest BCUT2D eigenvalue weighted by atomic mass is 16.7. The van der Waals surface area contributed by atoms with Gasteiger partial charge < -0.3 is 28.5 Å². The van der Waals surface area contributed by atoms with Crippen LogP contribution in [0.15, 0.2) is 53.3 Å². The van der Waals surface area contributed by atoms with Crippen LogP contribution in [0.4, 0.5) is 0 Å². The Balaban J connectivity index is 1.24. The lowest BCUT2D eigenvalue weighted by molar-refractivity contribution is -0.276. The van der Waals surface area contributed by atoms with Crippen molar-refractivity contribution in [2.24, 2.45) is 45.8 Å². The van der Waals surface area contributed by atoms with Crippen LogP contribution < -0.4 is 0 Å². The molecule has 2 spiro atoms. The van der Waals surface area contributed by atoms with Gasteiger partial charge >= 0.3 is 11.9 Å². The van der Waals surface area contributed by atoms with E-state index in [-0.39, 0.29) is 36.6 Å². The van der Waals surface area contributed by atoms with E-state index in [9.17, 15) is 14.7 Å². The van der Waals surface area contributed by atoms with E-state index in [1.54, 1.807) is 12.5 Å². The molecule has 51 heavy (non-hydrogen) atoms. The predicted octanol–water partition coefficient (Wildman–Crippen LogP) is 6.55. The van der Waals surface area contributed by atoms with E-state index >= 15 is 4.79 Å². The third-order valence-electron chi connectivity index (χ3n) is 15.2. The summed E-state index contributed by atoms with van der Waals surface area (Å²) in [5.74, 6) is -1.37. The number of furan rings is 1. The summed E-state index contributed by atoms with van der Waals surface area (Å²) in [5.41, 5.74) is -2.77. The summed E-state index contributed by atoms with van der Waals surface area (Å²) in [6, 6.07) is 12.4. The average molecular weight is 701 g/mol. The fraction of sp³-hybridized carbons (Fsp3) is 0.690. The van der Waals surface area contributed by atoms with Gasteiger partial charge in [0.25, 0.3) is 0 Å². The van der Waals surface area contributed by atoms with Crippen molar-refractivity contribution in [1.29, 1.82) is 0 Å². The van der Waals surface area contributed by atoms with E-state index in [1.165, 1.54) is 5.56 Å². The standard InChI is InChI=1S/C42H52O9/c1-24(2)13-17-39(4)33-32(44)34(45)41(28-12-8-11-26(20-28)19-25-9-6-5-7-10-25)29(40(33)23-48-31(43)21-30(40)50-39)14-16-38(3)35(27-15-18-47-22-27)49-37(46)36-42(38,41)51-36/h5-7,9-10,15,18,22,24,26,28-30,33-36,45H,8,11-14,16-17,19-21,23H2,1-4H3/t26-,28+,29-,30+,33-,34-,35+,36-,38+,39+,40+,41+,42-/m1/s1. The maximum absolute atomic E-state index is 15.5. The Hall–Kier alpha value is -3.01. The minimum atomic E-state index is -1.39. The molecule has 2 aromatic rings. The van der Waals surface area contributed by atoms with Gasteiger partial charge in [0.05, 0.1) is 36.6 Å². The van der Waals surface area contributed by atoms with Crippen LogP contribution >= 0.6 is 0 Å². The van der Waals surface area contributed by atoms with Gasteiger partial charge in [0.2, 0.25) is 0 Å². The first-order valence-corrected chi connectivity index (χ1v) is 19.4. The summed E-state index contributed by atoms with van der Waals surface area (Å²) in [6.45, 7) is 8.55. The van der Waals surface area contributed by atoms with E-state index < -0.39 is 63.8 Å². The largest absolute Gasteiger partial charge is 0.472 e. The smallest absolute Gasteiger partial charge is 0.339 e. The maximum Gasteiger partial charge on any atom is 0.339 e. The number of epoxide rings is 1. The number of benzene rings is 1. The molecule has 1 N–H and O–H groups in total. The van der Waals surface area contributed by atoms with Crippen molar-refractivity contribution < 1.29 is 42.9 Å². The van der Waals surface area contributed by atoms with Crippen LogP contribution in [0.5, 0.6) is 0 Å². The molecule has 9 rings (SSSR count). The molecule has 7 aliphatic rings. The summed E-state index contributed by atoms with van der Waals surface area (Å²) in [6.07, 6.45) is 7.07. The summed E-state index contributed by atoms with van der Waals surface area (Å²) in [4.78, 5) is 42.7. The summed E-state index contributed by atoms with van der Waals surface area (Å²) < 4.78 is 31.8. The Morgan fingerprint density at radius 3 is 2.53 bits per heavy atom. The Morgan fingerprint density at radius 2 is 1.78 bits per heavy atom. The SMILES string of the molecule is CC(C)CC[C@]1(C)O[C@H]2CC(=O)OC[C@]23[C@H]2CC[C@@]4(C)[C@H](c5ccoc5)OC(=O)[C@H]5O[C@]54[C@]2([C@H]2CCC[C@H](Cc4ccccc4)C2)[C@H](O)C(=O)[C@@H]31. The lowest BCUT2D eigenvalue weighted by atomic mass is 9.32. The molecular formula is C42H52O9. The van der Waals surface area contributed by atoms with Crippen LogP contribution in [-0.4, -0.2) is 58.9 Å². The second-order valence-electron chi connectivity index (χ2n) is 18.0. The third kappa shape index (κ3) is 4.34. The number of ether oxygens (including phenoxy) is 4. The van der Waals surface area contributed by atoms with Gasteiger partial charge in [0.15, 0.2) is 11.9 Å². The fourth-order valence-corrected chi connectivity index (χ4v) is 13.4. The van der Waals surface area contributed by atoms with E-state index in [0.29, 0.717) is 31.1 Å². The molecular weight excluding hydrogens is 648 g/mol. The number of rotatable bonds is 7. The minimum Gasteiger partial charge on any atom is -0.472 e. The Morgan fingerprint density at radius 1 is 0.980 bits per heavy atom. The number of carbonyl (C=O) groups is 3. The molecule has 3 saturated carbocycles. The number of hydrogen-bond acceptors (Lipinski definition) is 9. The fourth-order valence-electron chi connectivity index (χ4n) is 13.4. The summed E-state index contributed by atoms with van der Waals surface area (Å²) >= 11 is 0. The number of aliphatic hydroxyl groups is 1. The molecule has 4 aliphatic heterocycles. The van der Waals surface area contributed by atoms with Crippen LogP contribution in [-0.2, 0) is 39.8 Å². The zero-order valence-corrected chi connectivity index (χ0v) is 30.3. The number of carbonyl (C=O) groups excluding carboxylic acids is 3. The molecule has 1 aromatic heterocycles. The first-order chi connectivity index (χ1) is 24.4. The second-order valence-corrected chi connectivity index (χ2v) is 18.0. The Bertz CT molecular complexity index is 1710. The molecule has 0 bridgehead atoms. The highest BCUT2D eigenvalue weighted by molar-refractivity contribution is 5.92. The van der Waals surface area contributed by atoms with Crippen LogP contribution in [0.1, 0.15) is 103 Å². The molecule has 1 aromatic carbocycles. The number of ketones is 1. The van der Waals surface area contributed by atoms with Gasteiger partial charge in [-0.3, -0.25) is 9.59 Å². The number of cyclic esters (lactones) is 2. The highest BCUT2D eigenvalue weighted by Gasteiger charge is 2.93. The zero-order chi connectivity index (χ0) is 35.6. The number of aliphatic hydroxyl groups excluding tert-OH is 1. The quantitative estimate of drug-likeness (QED) is 0.253. The van der Waals surface area contributed by atoms with E-state index in [4.69, 9.17) is 23.4 Å². The third-order valence-corrected chi connectivity index (χ3v) is 15.2. The van der Waals surface area contributed by atoms with Gasteiger partial charge in [-0.15, -0.1) is 0 Å². The highest BCUT2D eigenvalue weighted by Crippen LogP contribution is 2.82. The summed E-state index contributed by atoms with van der Waals surface area (Å²) in [7, 11) is 0. The van der Waals surface area contributed by atoms with Gasteiger partial charge in [0.1, 0.15) is 24.4 Å². The van der Waals surface area contributed by atoms with Gasteiger partial charge in [-0.2, -0.15) is 0 Å². The average Bonchev–Trinajstić information content (AvgIpc) is 3.54. The van der Waals surface area contributed by atoms with Gasteiger partial charge in [0, 0.05) is 21.8 Å². The molecule has 9 heteroatoms. The molecule has 0 unspecified atom stereocenters. The molecule has 274 valence electrons. The molecule has 9 nitrogen and oxygen atoms in total. The number of hydrogen-bond donors (Lipinski definition) is 1. The van der Waals surface area contributed by atoms with Gasteiger partial charge in [-0.1, -0.05) is 63.9 Å². The Kier molecular flexibility index (Phi) is 7.62. The molecule has 4 saturated heterocycles. The molecule has 13 atom stereocenters. The van der Waals surface area contributed by atoms with Crippen molar-refractivity contribution in [3.63, 3.8) is 0 Å². The minimum absolute atomic E-state index is 0.0660. The van der Waals surface area contributed by atoms with Crippen LogP contribution in [0, 0.1) is 45.8 Å². The van der Waals surface area contributed by atoms with Gasteiger partial charge in [-0.05, 0) is 87.2 Å². The number of esters is 2. The zero-order valence-electron chi connectivity index (χ0n) is 30.3. The molecule has 7 fully saturated rings. The van der Waals surface area contributed by atoms with E-state index in [2.05, 4.69) is 45.0 Å². The molecule has 0 radical (unpaired) electrons. The first kappa shape index (κ1) is 33.8. The van der Waals surface area contributed by atoms with Crippen molar-refractivity contribution >= 4 is 17.7 Å². The van der Waals surface area contributed by atoms with Crippen molar-refractivity contribution in [2.75, 3.05) is 6.61 Å². The predicted molar refractivity (Wildman–Crippen MR) is 184 cm³/mol. The van der Waals surface area contributed by atoms with Crippen molar-refractivity contribution in [2.45, 2.75) is 128 Å². The van der Waals surface area contributed by atoms with E-state index in [0.717, 1.165) is 44.1 Å². The van der Waals surface area contributed by atoms with Crippen molar-refractivity contribution in [1.82, 2.24) is 0 Å². The Labute approximate surface area is 300 Å². The van der Waals surface area contributed by atoms with Crippen molar-refractivity contribution in [3.8, 4) is 0 Å².